The number of nitrogens with one attached hydrogen (secondary N) is 1. The Balaban J connectivity index is 2.66. The third-order valence-electron chi connectivity index (χ3n) is 1.80. The van der Waals surface area contributed by atoms with Crippen LogP contribution in [0.4, 0.5) is 0 Å². The quantitative estimate of drug-likeness (QED) is 0.566. The lowest BCUT2D eigenvalue weighted by Gasteiger charge is -1.95. The maximum absolute atomic E-state index is 11.0. The molecule has 1 aromatic heterocycles. The molecule has 0 radical (unpaired) electrons. The van der Waals surface area contributed by atoms with Crippen LogP contribution in [0.25, 0.3) is 0 Å². The summed E-state index contributed by atoms with van der Waals surface area (Å²) in [6, 6.07) is 0. The summed E-state index contributed by atoms with van der Waals surface area (Å²) in [4.78, 5) is 18.9. The monoisotopic (exact) mass is 149 g/mol. The molecule has 0 saturated heterocycles. The highest BCUT2D eigenvalue weighted by Crippen LogP contribution is 2.13. The number of amides is 1. The van der Waals surface area contributed by atoms with Crippen LogP contribution in [-0.4, -0.2) is 15.9 Å². The number of nitrogens with zero attached hydrogens (tertiary/aromatic N) is 2. The van der Waals surface area contributed by atoms with Gasteiger partial charge in [-0.25, -0.2) is 9.97 Å². The van der Waals surface area contributed by atoms with Crippen LogP contribution in [0.1, 0.15) is 21.7 Å². The average Bonchev–Trinajstić information content (AvgIpc) is 2.35. The smallest absolute Gasteiger partial charge is 0.270 e. The summed E-state index contributed by atoms with van der Waals surface area (Å²) in [5, 5.41) is 2.68. The molecule has 1 N–H and O–H groups in total. The molecule has 11 heavy (non-hydrogen) atoms. The molecular weight excluding hydrogens is 142 g/mol. The zero-order chi connectivity index (χ0) is 7.84. The molecule has 0 fully saturated rings. The Bertz CT molecular complexity index is 321. The molecule has 1 aliphatic rings. The molecule has 1 aromatic rings. The molecule has 0 spiro atoms. The van der Waals surface area contributed by atoms with Crippen LogP contribution in [0, 0.1) is 6.92 Å². The third kappa shape index (κ3) is 0.790. The summed E-state index contributed by atoms with van der Waals surface area (Å²) in [7, 11) is 0. The van der Waals surface area contributed by atoms with E-state index in [-0.39, 0.29) is 5.91 Å². The lowest BCUT2D eigenvalue weighted by molar-refractivity contribution is 0.0961. The predicted octanol–water partition coefficient (Wildman–Crippen LogP) is 0.0284. The van der Waals surface area contributed by atoms with E-state index in [0.29, 0.717) is 12.2 Å². The number of hydrogen-bond acceptors (Lipinski definition) is 3. The summed E-state index contributed by atoms with van der Waals surface area (Å²) in [5.74, 6) is -0.0921. The summed E-state index contributed by atoms with van der Waals surface area (Å²) >= 11 is 0. The Morgan fingerprint density at radius 1 is 1.55 bits per heavy atom. The lowest BCUT2D eigenvalue weighted by Crippen LogP contribution is -2.13. The van der Waals surface area contributed by atoms with Gasteiger partial charge in [0, 0.05) is 17.8 Å². The molecular formula is C7H7N3O. The fourth-order valence-electron chi connectivity index (χ4n) is 1.16. The molecule has 1 amide bonds. The minimum atomic E-state index is -0.0921. The van der Waals surface area contributed by atoms with Crippen LogP contribution in [-0.2, 0) is 6.54 Å². The first-order valence-electron chi connectivity index (χ1n) is 3.37. The first kappa shape index (κ1) is 6.27. The summed E-state index contributed by atoms with van der Waals surface area (Å²) in [6.07, 6.45) is 1.42. The minimum absolute atomic E-state index is 0.0921. The van der Waals surface area contributed by atoms with E-state index in [1.54, 1.807) is 0 Å². The zero-order valence-electron chi connectivity index (χ0n) is 6.09. The largest absolute Gasteiger partial charge is 0.346 e. The van der Waals surface area contributed by atoms with Gasteiger partial charge in [-0.3, -0.25) is 4.79 Å². The second-order valence-corrected chi connectivity index (χ2v) is 2.47. The van der Waals surface area contributed by atoms with Crippen LogP contribution in [0.15, 0.2) is 6.33 Å². The molecule has 0 aromatic carbocycles. The van der Waals surface area contributed by atoms with E-state index in [4.69, 9.17) is 0 Å². The normalized spacial score (nSPS) is 14.5. The van der Waals surface area contributed by atoms with Crippen molar-refractivity contribution < 1.29 is 4.79 Å². The summed E-state index contributed by atoms with van der Waals surface area (Å²) in [6.45, 7) is 2.45. The van der Waals surface area contributed by atoms with Crippen molar-refractivity contribution in [1.29, 1.82) is 0 Å². The maximum atomic E-state index is 11.0. The van der Waals surface area contributed by atoms with Gasteiger partial charge in [-0.15, -0.1) is 0 Å². The second kappa shape index (κ2) is 2.02. The topological polar surface area (TPSA) is 54.9 Å². The maximum Gasteiger partial charge on any atom is 0.270 e. The van der Waals surface area contributed by atoms with E-state index in [1.165, 1.54) is 6.33 Å². The number of carbonyl (C=O) groups is 1. The van der Waals surface area contributed by atoms with E-state index in [2.05, 4.69) is 15.3 Å². The van der Waals surface area contributed by atoms with Crippen LogP contribution < -0.4 is 5.32 Å². The van der Waals surface area contributed by atoms with Crippen molar-refractivity contribution in [2.45, 2.75) is 13.5 Å². The molecule has 0 atom stereocenters. The van der Waals surface area contributed by atoms with Gasteiger partial charge in [0.2, 0.25) is 0 Å². The third-order valence-corrected chi connectivity index (χ3v) is 1.80. The van der Waals surface area contributed by atoms with Crippen molar-refractivity contribution in [3.8, 4) is 0 Å². The van der Waals surface area contributed by atoms with Crippen LogP contribution in [0.5, 0.6) is 0 Å². The fraction of sp³-hybridized carbons (Fsp3) is 0.286. The first-order chi connectivity index (χ1) is 5.29. The Morgan fingerprint density at radius 2 is 2.36 bits per heavy atom. The molecule has 2 rings (SSSR count). The molecule has 2 heterocycles. The van der Waals surface area contributed by atoms with Gasteiger partial charge in [-0.2, -0.15) is 0 Å². The molecule has 56 valence electrons. The highest BCUT2D eigenvalue weighted by molar-refractivity contribution is 5.96. The van der Waals surface area contributed by atoms with Gasteiger partial charge in [-0.1, -0.05) is 0 Å². The molecule has 4 nitrogen and oxygen atoms in total. The van der Waals surface area contributed by atoms with Gasteiger partial charge in [0.1, 0.15) is 12.0 Å². The van der Waals surface area contributed by atoms with Crippen LogP contribution in [0.3, 0.4) is 0 Å². The van der Waals surface area contributed by atoms with Gasteiger partial charge in [0.25, 0.3) is 5.91 Å². The van der Waals surface area contributed by atoms with Crippen LogP contribution in [0.2, 0.25) is 0 Å². The number of aryl methyl sites for hydroxylation is 1. The molecule has 0 bridgehead atoms. The van der Waals surface area contributed by atoms with Gasteiger partial charge >= 0.3 is 0 Å². The van der Waals surface area contributed by atoms with E-state index >= 15 is 0 Å². The molecule has 0 aliphatic carbocycles. The van der Waals surface area contributed by atoms with E-state index in [0.717, 1.165) is 11.3 Å². The second-order valence-electron chi connectivity index (χ2n) is 2.47. The number of carbonyl (C=O) groups excluding carboxylic acids is 1. The predicted molar refractivity (Wildman–Crippen MR) is 37.9 cm³/mol. The van der Waals surface area contributed by atoms with E-state index < -0.39 is 0 Å². The van der Waals surface area contributed by atoms with Crippen molar-refractivity contribution >= 4 is 5.91 Å². The summed E-state index contributed by atoms with van der Waals surface area (Å²) < 4.78 is 0. The van der Waals surface area contributed by atoms with Crippen molar-refractivity contribution in [3.63, 3.8) is 0 Å². The molecule has 1 aliphatic heterocycles. The van der Waals surface area contributed by atoms with Crippen molar-refractivity contribution in [3.05, 3.63) is 23.3 Å². The standard InChI is InChI=1S/C7H7N3O/c1-4-5-2-8-7(11)6(5)10-3-9-4/h3H,2H2,1H3,(H,8,11). The number of rotatable bonds is 0. The minimum Gasteiger partial charge on any atom is -0.346 e. The number of hydrogen-bond donors (Lipinski definition) is 1. The number of aromatic nitrogens is 2. The molecule has 4 heteroatoms. The highest BCUT2D eigenvalue weighted by Gasteiger charge is 2.21. The van der Waals surface area contributed by atoms with Gasteiger partial charge in [0.05, 0.1) is 0 Å². The molecule has 0 unspecified atom stereocenters. The average molecular weight is 149 g/mol. The Labute approximate surface area is 63.7 Å². The Kier molecular flexibility index (Phi) is 1.15. The van der Waals surface area contributed by atoms with E-state index in [9.17, 15) is 4.79 Å². The van der Waals surface area contributed by atoms with Gasteiger partial charge in [-0.05, 0) is 6.92 Å². The van der Waals surface area contributed by atoms with Gasteiger partial charge < -0.3 is 5.32 Å². The van der Waals surface area contributed by atoms with Crippen molar-refractivity contribution in [2.75, 3.05) is 0 Å². The molecule has 0 saturated carbocycles. The van der Waals surface area contributed by atoms with Crippen LogP contribution >= 0.6 is 0 Å². The van der Waals surface area contributed by atoms with Crippen molar-refractivity contribution in [1.82, 2.24) is 15.3 Å². The SMILES string of the molecule is Cc1ncnc2c1CNC2=O. The number of fused-ring (bicyclic) bond motifs is 1. The van der Waals surface area contributed by atoms with Gasteiger partial charge in [0.15, 0.2) is 0 Å². The van der Waals surface area contributed by atoms with Crippen molar-refractivity contribution in [2.24, 2.45) is 0 Å². The Morgan fingerprint density at radius 3 is 3.09 bits per heavy atom. The lowest BCUT2D eigenvalue weighted by atomic mass is 10.2. The zero-order valence-corrected chi connectivity index (χ0v) is 6.09. The fourth-order valence-corrected chi connectivity index (χ4v) is 1.16. The van der Waals surface area contributed by atoms with E-state index in [1.807, 2.05) is 6.92 Å². The highest BCUT2D eigenvalue weighted by atomic mass is 16.2. The first-order valence-corrected chi connectivity index (χ1v) is 3.37. The summed E-state index contributed by atoms with van der Waals surface area (Å²) in [5.41, 5.74) is 2.34. The Hall–Kier alpha value is -1.45.